The Hall–Kier alpha value is -1.03. The summed E-state index contributed by atoms with van der Waals surface area (Å²) in [5.74, 6) is 0.628. The molecule has 0 radical (unpaired) electrons. The van der Waals surface area contributed by atoms with Crippen LogP contribution in [0.3, 0.4) is 0 Å². The molecule has 0 bridgehead atoms. The van der Waals surface area contributed by atoms with Gasteiger partial charge >= 0.3 is 0 Å². The number of thioether (sulfide) groups is 1. The molecule has 15 heavy (non-hydrogen) atoms. The molecule has 80 valence electrons. The summed E-state index contributed by atoms with van der Waals surface area (Å²) in [6.45, 7) is 0.675. The van der Waals surface area contributed by atoms with Crippen LogP contribution in [0.15, 0.2) is 24.3 Å². The molecular formula is C11H12FNOS. The van der Waals surface area contributed by atoms with Gasteiger partial charge in [-0.3, -0.25) is 4.79 Å². The van der Waals surface area contributed by atoms with Gasteiger partial charge in [0, 0.05) is 29.5 Å². The fraction of sp³-hybridized carbons (Fsp3) is 0.364. The molecule has 1 amide bonds. The van der Waals surface area contributed by atoms with E-state index in [0.29, 0.717) is 18.5 Å². The predicted octanol–water partition coefficient (Wildman–Crippen LogP) is 2.12. The summed E-state index contributed by atoms with van der Waals surface area (Å²) in [5.41, 5.74) is 0.638. The van der Waals surface area contributed by atoms with Crippen molar-refractivity contribution in [2.45, 2.75) is 11.7 Å². The predicted molar refractivity (Wildman–Crippen MR) is 59.2 cm³/mol. The lowest BCUT2D eigenvalue weighted by atomic mass is 10.1. The lowest BCUT2D eigenvalue weighted by Crippen LogP contribution is -2.23. The Morgan fingerprint density at radius 2 is 2.20 bits per heavy atom. The van der Waals surface area contributed by atoms with E-state index in [1.165, 1.54) is 6.07 Å². The number of hydrogen-bond donors (Lipinski definition) is 1. The average Bonchev–Trinajstić information content (AvgIpc) is 2.43. The highest BCUT2D eigenvalue weighted by Gasteiger charge is 2.21. The van der Waals surface area contributed by atoms with Crippen LogP contribution in [0.2, 0.25) is 0 Å². The average molecular weight is 225 g/mol. The standard InChI is InChI=1S/C11H12FNOS/c12-9-4-2-1-3-8(9)10-7-11(14)13-5-6-15-10/h1-4,10H,5-7H2,(H,13,14)/t10-/m1/s1. The van der Waals surface area contributed by atoms with Gasteiger partial charge in [-0.15, -0.1) is 0 Å². The molecule has 0 spiro atoms. The largest absolute Gasteiger partial charge is 0.355 e. The van der Waals surface area contributed by atoms with Crippen LogP contribution in [0, 0.1) is 5.82 Å². The number of benzene rings is 1. The molecule has 1 saturated heterocycles. The Morgan fingerprint density at radius 1 is 1.40 bits per heavy atom. The molecule has 1 fully saturated rings. The molecule has 0 aromatic heterocycles. The summed E-state index contributed by atoms with van der Waals surface area (Å²) >= 11 is 1.63. The Kier molecular flexibility index (Phi) is 3.26. The second-order valence-corrected chi connectivity index (χ2v) is 4.75. The summed E-state index contributed by atoms with van der Waals surface area (Å²) in [6, 6.07) is 6.67. The highest BCUT2D eigenvalue weighted by atomic mass is 32.2. The molecule has 1 heterocycles. The number of carbonyl (C=O) groups is 1. The summed E-state index contributed by atoms with van der Waals surface area (Å²) in [5, 5.41) is 2.73. The fourth-order valence-electron chi connectivity index (χ4n) is 1.63. The number of amides is 1. The molecule has 1 aliphatic rings. The van der Waals surface area contributed by atoms with Crippen molar-refractivity contribution in [3.8, 4) is 0 Å². The van der Waals surface area contributed by atoms with Gasteiger partial charge in [-0.1, -0.05) is 18.2 Å². The zero-order valence-electron chi connectivity index (χ0n) is 8.20. The van der Waals surface area contributed by atoms with Crippen molar-refractivity contribution in [1.82, 2.24) is 5.32 Å². The van der Waals surface area contributed by atoms with Gasteiger partial charge in [0.25, 0.3) is 0 Å². The molecule has 4 heteroatoms. The normalized spacial score (nSPS) is 21.9. The first kappa shape index (κ1) is 10.5. The van der Waals surface area contributed by atoms with Gasteiger partial charge in [0.1, 0.15) is 5.82 Å². The molecule has 0 aliphatic carbocycles. The van der Waals surface area contributed by atoms with Crippen LogP contribution < -0.4 is 5.32 Å². The number of halogens is 1. The van der Waals surface area contributed by atoms with Crippen molar-refractivity contribution < 1.29 is 9.18 Å². The minimum Gasteiger partial charge on any atom is -0.355 e. The summed E-state index contributed by atoms with van der Waals surface area (Å²) < 4.78 is 13.5. The molecule has 1 N–H and O–H groups in total. The summed E-state index contributed by atoms with van der Waals surface area (Å²) in [6.07, 6.45) is 0.367. The molecule has 1 aromatic rings. The molecule has 1 atom stereocenters. The van der Waals surface area contributed by atoms with Crippen LogP contribution in [0.1, 0.15) is 17.2 Å². The SMILES string of the molecule is O=C1C[C@H](c2ccccc2F)SCCN1. The van der Waals surface area contributed by atoms with Gasteiger partial charge in [-0.25, -0.2) is 4.39 Å². The second kappa shape index (κ2) is 4.66. The molecular weight excluding hydrogens is 213 g/mol. The van der Waals surface area contributed by atoms with Crippen molar-refractivity contribution in [1.29, 1.82) is 0 Å². The fourth-order valence-corrected chi connectivity index (χ4v) is 2.77. The quantitative estimate of drug-likeness (QED) is 0.793. The van der Waals surface area contributed by atoms with Gasteiger partial charge < -0.3 is 5.32 Å². The molecule has 0 unspecified atom stereocenters. The Balaban J connectivity index is 2.22. The summed E-state index contributed by atoms with van der Waals surface area (Å²) in [4.78, 5) is 11.3. The second-order valence-electron chi connectivity index (χ2n) is 3.44. The van der Waals surface area contributed by atoms with E-state index in [1.807, 2.05) is 6.07 Å². The maximum atomic E-state index is 13.5. The minimum absolute atomic E-state index is 0.00764. The van der Waals surface area contributed by atoms with Crippen molar-refractivity contribution in [2.24, 2.45) is 0 Å². The minimum atomic E-state index is -0.218. The molecule has 1 aliphatic heterocycles. The van der Waals surface area contributed by atoms with E-state index in [2.05, 4.69) is 5.32 Å². The van der Waals surface area contributed by atoms with Gasteiger partial charge in [-0.2, -0.15) is 11.8 Å². The van der Waals surface area contributed by atoms with E-state index in [4.69, 9.17) is 0 Å². The monoisotopic (exact) mass is 225 g/mol. The number of nitrogens with one attached hydrogen (secondary N) is 1. The maximum absolute atomic E-state index is 13.5. The lowest BCUT2D eigenvalue weighted by Gasteiger charge is -2.13. The number of hydrogen-bond acceptors (Lipinski definition) is 2. The Morgan fingerprint density at radius 3 is 3.00 bits per heavy atom. The van der Waals surface area contributed by atoms with Crippen molar-refractivity contribution >= 4 is 17.7 Å². The van der Waals surface area contributed by atoms with Crippen LogP contribution in [-0.4, -0.2) is 18.2 Å². The zero-order chi connectivity index (χ0) is 10.7. The molecule has 1 aromatic carbocycles. The van der Waals surface area contributed by atoms with E-state index in [0.717, 1.165) is 5.75 Å². The van der Waals surface area contributed by atoms with E-state index in [9.17, 15) is 9.18 Å². The third-order valence-electron chi connectivity index (χ3n) is 2.37. The van der Waals surface area contributed by atoms with Crippen LogP contribution in [0.25, 0.3) is 0 Å². The van der Waals surface area contributed by atoms with Gasteiger partial charge in [0.2, 0.25) is 5.91 Å². The van der Waals surface area contributed by atoms with Crippen molar-refractivity contribution in [2.75, 3.05) is 12.3 Å². The number of rotatable bonds is 1. The van der Waals surface area contributed by atoms with E-state index in [1.54, 1.807) is 23.9 Å². The topological polar surface area (TPSA) is 29.1 Å². The third-order valence-corrected chi connectivity index (χ3v) is 3.63. The highest BCUT2D eigenvalue weighted by Crippen LogP contribution is 2.34. The number of carbonyl (C=O) groups excluding carboxylic acids is 1. The molecule has 2 rings (SSSR count). The van der Waals surface area contributed by atoms with Crippen LogP contribution in [0.5, 0.6) is 0 Å². The Bertz CT molecular complexity index is 369. The third kappa shape index (κ3) is 2.50. The van der Waals surface area contributed by atoms with E-state index < -0.39 is 0 Å². The molecule has 2 nitrogen and oxygen atoms in total. The van der Waals surface area contributed by atoms with Crippen LogP contribution >= 0.6 is 11.8 Å². The van der Waals surface area contributed by atoms with Crippen molar-refractivity contribution in [3.05, 3.63) is 35.6 Å². The van der Waals surface area contributed by atoms with Crippen molar-refractivity contribution in [3.63, 3.8) is 0 Å². The van der Waals surface area contributed by atoms with Gasteiger partial charge in [0.15, 0.2) is 0 Å². The first-order chi connectivity index (χ1) is 7.27. The highest BCUT2D eigenvalue weighted by molar-refractivity contribution is 7.99. The van der Waals surface area contributed by atoms with Crippen LogP contribution in [0.4, 0.5) is 4.39 Å². The first-order valence-electron chi connectivity index (χ1n) is 4.90. The van der Waals surface area contributed by atoms with Gasteiger partial charge in [-0.05, 0) is 6.07 Å². The smallest absolute Gasteiger partial charge is 0.221 e. The Labute approximate surface area is 92.3 Å². The lowest BCUT2D eigenvalue weighted by molar-refractivity contribution is -0.120. The zero-order valence-corrected chi connectivity index (χ0v) is 9.02. The summed E-state index contributed by atoms with van der Waals surface area (Å²) in [7, 11) is 0. The van der Waals surface area contributed by atoms with Gasteiger partial charge in [0.05, 0.1) is 0 Å². The first-order valence-corrected chi connectivity index (χ1v) is 5.95. The van der Waals surface area contributed by atoms with E-state index >= 15 is 0 Å². The maximum Gasteiger partial charge on any atom is 0.221 e. The molecule has 0 saturated carbocycles. The van der Waals surface area contributed by atoms with Crippen LogP contribution in [-0.2, 0) is 4.79 Å². The van der Waals surface area contributed by atoms with E-state index in [-0.39, 0.29) is 17.0 Å².